The molecule has 59 heavy (non-hydrogen) atoms. The number of esters is 1. The van der Waals surface area contributed by atoms with Crippen molar-refractivity contribution in [1.82, 2.24) is 5.32 Å². The molecule has 0 aromatic rings. The second-order valence-electron chi connectivity index (χ2n) is 17.9. The minimum Gasteiger partial charge on any atom is -0.466 e. The Morgan fingerprint density at radius 2 is 0.847 bits per heavy atom. The fourth-order valence-corrected chi connectivity index (χ4v) is 7.96. The van der Waals surface area contributed by atoms with E-state index in [4.69, 9.17) is 4.74 Å². The zero-order valence-electron chi connectivity index (χ0n) is 39.5. The van der Waals surface area contributed by atoms with Gasteiger partial charge in [0.15, 0.2) is 0 Å². The molecule has 0 rings (SSSR count). The molecule has 1 amide bonds. The van der Waals surface area contributed by atoms with E-state index in [0.29, 0.717) is 25.9 Å². The van der Waals surface area contributed by atoms with E-state index in [-0.39, 0.29) is 18.5 Å². The highest BCUT2D eigenvalue weighted by atomic mass is 16.5. The summed E-state index contributed by atoms with van der Waals surface area (Å²) in [6.45, 7) is 4.88. The van der Waals surface area contributed by atoms with Crippen LogP contribution in [0, 0.1) is 0 Å². The van der Waals surface area contributed by atoms with Crippen LogP contribution in [0.2, 0.25) is 0 Å². The average molecular weight is 832 g/mol. The van der Waals surface area contributed by atoms with E-state index in [1.165, 1.54) is 173 Å². The monoisotopic (exact) mass is 832 g/mol. The normalized spacial score (nSPS) is 12.8. The van der Waals surface area contributed by atoms with Crippen LogP contribution in [0.3, 0.4) is 0 Å². The molecule has 3 N–H and O–H groups in total. The molecular weight excluding hydrogens is 731 g/mol. The van der Waals surface area contributed by atoms with Crippen LogP contribution >= 0.6 is 0 Å². The number of allylic oxidation sites excluding steroid dienone is 4. The van der Waals surface area contributed by atoms with Crippen molar-refractivity contribution in [2.24, 2.45) is 0 Å². The first-order valence-corrected chi connectivity index (χ1v) is 26.1. The van der Waals surface area contributed by atoms with Crippen LogP contribution in [0.1, 0.15) is 277 Å². The summed E-state index contributed by atoms with van der Waals surface area (Å²) in [5.41, 5.74) is 0. The lowest BCUT2D eigenvalue weighted by Gasteiger charge is -2.22. The Morgan fingerprint density at radius 1 is 0.475 bits per heavy atom. The highest BCUT2D eigenvalue weighted by Gasteiger charge is 2.20. The third-order valence-corrected chi connectivity index (χ3v) is 12.0. The molecule has 0 saturated carbocycles. The Balaban J connectivity index is 3.49. The SMILES string of the molecule is CCCCCC/C=C\C/C=C\CCCCCCCC(=O)OCCCCCCCCCCCCC(=O)NC(CO)C(O)CCCCCCCCCCCCCCCCCC. The molecule has 0 heterocycles. The predicted molar refractivity (Wildman–Crippen MR) is 255 cm³/mol. The quantitative estimate of drug-likeness (QED) is 0.0322. The lowest BCUT2D eigenvalue weighted by molar-refractivity contribution is -0.143. The van der Waals surface area contributed by atoms with Crippen LogP contribution in [0.5, 0.6) is 0 Å². The van der Waals surface area contributed by atoms with E-state index in [0.717, 1.165) is 70.6 Å². The van der Waals surface area contributed by atoms with Gasteiger partial charge in [0.05, 0.1) is 25.4 Å². The number of hydrogen-bond donors (Lipinski definition) is 3. The Labute approximate surface area is 367 Å². The molecule has 0 aliphatic rings. The average Bonchev–Trinajstić information content (AvgIpc) is 3.24. The molecule has 0 saturated heterocycles. The maximum Gasteiger partial charge on any atom is 0.305 e. The van der Waals surface area contributed by atoms with Crippen molar-refractivity contribution in [3.8, 4) is 0 Å². The number of unbranched alkanes of at least 4 members (excludes halogenated alkanes) is 33. The second-order valence-corrected chi connectivity index (χ2v) is 17.9. The molecular formula is C53H101NO5. The third-order valence-electron chi connectivity index (χ3n) is 12.0. The minimum absolute atomic E-state index is 0.0321. The molecule has 0 spiro atoms. The largest absolute Gasteiger partial charge is 0.466 e. The van der Waals surface area contributed by atoms with Gasteiger partial charge in [0, 0.05) is 12.8 Å². The van der Waals surface area contributed by atoms with Crippen molar-refractivity contribution in [2.75, 3.05) is 13.2 Å². The molecule has 6 heteroatoms. The lowest BCUT2D eigenvalue weighted by atomic mass is 10.0. The molecule has 0 bridgehead atoms. The van der Waals surface area contributed by atoms with E-state index < -0.39 is 12.1 Å². The summed E-state index contributed by atoms with van der Waals surface area (Å²) in [6.07, 6.45) is 57.1. The number of hydrogen-bond acceptors (Lipinski definition) is 5. The van der Waals surface area contributed by atoms with Gasteiger partial charge >= 0.3 is 5.97 Å². The number of amides is 1. The van der Waals surface area contributed by atoms with Crippen molar-refractivity contribution in [1.29, 1.82) is 0 Å². The summed E-state index contributed by atoms with van der Waals surface area (Å²) in [4.78, 5) is 24.5. The Morgan fingerprint density at radius 3 is 1.31 bits per heavy atom. The van der Waals surface area contributed by atoms with Gasteiger partial charge in [-0.1, -0.05) is 231 Å². The van der Waals surface area contributed by atoms with Gasteiger partial charge in [0.1, 0.15) is 0 Å². The lowest BCUT2D eigenvalue weighted by Crippen LogP contribution is -2.45. The fraction of sp³-hybridized carbons (Fsp3) is 0.887. The first-order valence-electron chi connectivity index (χ1n) is 26.1. The van der Waals surface area contributed by atoms with Crippen LogP contribution in [0.4, 0.5) is 0 Å². The molecule has 0 aliphatic heterocycles. The molecule has 2 unspecified atom stereocenters. The Bertz CT molecular complexity index is 920. The minimum atomic E-state index is -0.679. The Kier molecular flexibility index (Phi) is 47.6. The van der Waals surface area contributed by atoms with Gasteiger partial charge in [0.25, 0.3) is 0 Å². The van der Waals surface area contributed by atoms with Crippen molar-refractivity contribution in [2.45, 2.75) is 289 Å². The number of carbonyl (C=O) groups excluding carboxylic acids is 2. The molecule has 0 aromatic carbocycles. The van der Waals surface area contributed by atoms with Gasteiger partial charge in [0.2, 0.25) is 5.91 Å². The van der Waals surface area contributed by atoms with Gasteiger partial charge in [-0.3, -0.25) is 9.59 Å². The van der Waals surface area contributed by atoms with Crippen LogP contribution in [-0.2, 0) is 14.3 Å². The molecule has 0 aromatic heterocycles. The zero-order chi connectivity index (χ0) is 43.0. The topological polar surface area (TPSA) is 95.9 Å². The van der Waals surface area contributed by atoms with Gasteiger partial charge in [-0.15, -0.1) is 0 Å². The highest BCUT2D eigenvalue weighted by molar-refractivity contribution is 5.76. The molecule has 6 nitrogen and oxygen atoms in total. The molecule has 2 atom stereocenters. The maximum atomic E-state index is 12.5. The number of rotatable bonds is 48. The van der Waals surface area contributed by atoms with Crippen LogP contribution < -0.4 is 5.32 Å². The number of aliphatic hydroxyl groups is 2. The van der Waals surface area contributed by atoms with Crippen molar-refractivity contribution < 1.29 is 24.5 Å². The Hall–Kier alpha value is -1.66. The summed E-state index contributed by atoms with van der Waals surface area (Å²) in [5.74, 6) is -0.0899. The fourth-order valence-electron chi connectivity index (χ4n) is 7.96. The standard InChI is InChI=1S/C53H101NO5/c1-3-5-7-9-11-13-15-17-19-21-23-25-29-33-37-41-45-51(56)50(49-55)54-52(57)46-42-38-34-30-27-28-32-36-40-44-48-59-53(58)47-43-39-35-31-26-24-22-20-18-16-14-12-10-8-6-4-2/h14,16,20,22,50-51,55-56H,3-13,15,17-19,21,23-49H2,1-2H3,(H,54,57)/b16-14-,22-20-. The number of aliphatic hydroxyl groups excluding tert-OH is 2. The summed E-state index contributed by atoms with van der Waals surface area (Å²) in [5, 5.41) is 23.2. The van der Waals surface area contributed by atoms with Gasteiger partial charge in [-0.25, -0.2) is 0 Å². The van der Waals surface area contributed by atoms with E-state index in [9.17, 15) is 19.8 Å². The third kappa shape index (κ3) is 45.7. The summed E-state index contributed by atoms with van der Waals surface area (Å²) in [6, 6.07) is -0.559. The van der Waals surface area contributed by atoms with Gasteiger partial charge in [-0.05, 0) is 57.8 Å². The first-order chi connectivity index (χ1) is 29.0. The molecule has 0 aliphatic carbocycles. The van der Waals surface area contributed by atoms with Crippen LogP contribution in [-0.4, -0.2) is 47.4 Å². The van der Waals surface area contributed by atoms with Crippen LogP contribution in [0.25, 0.3) is 0 Å². The molecule has 0 radical (unpaired) electrons. The zero-order valence-corrected chi connectivity index (χ0v) is 39.5. The van der Waals surface area contributed by atoms with Crippen LogP contribution in [0.15, 0.2) is 24.3 Å². The smallest absolute Gasteiger partial charge is 0.305 e. The van der Waals surface area contributed by atoms with Gasteiger partial charge < -0.3 is 20.3 Å². The summed E-state index contributed by atoms with van der Waals surface area (Å²) in [7, 11) is 0. The van der Waals surface area contributed by atoms with E-state index in [1.54, 1.807) is 0 Å². The molecule has 348 valence electrons. The second kappa shape index (κ2) is 49.0. The van der Waals surface area contributed by atoms with Crippen molar-refractivity contribution in [3.05, 3.63) is 24.3 Å². The van der Waals surface area contributed by atoms with E-state index >= 15 is 0 Å². The number of carbonyl (C=O) groups is 2. The van der Waals surface area contributed by atoms with Crippen molar-refractivity contribution in [3.63, 3.8) is 0 Å². The van der Waals surface area contributed by atoms with E-state index in [2.05, 4.69) is 43.5 Å². The maximum absolute atomic E-state index is 12.5. The molecule has 0 fully saturated rings. The number of ether oxygens (including phenoxy) is 1. The van der Waals surface area contributed by atoms with E-state index in [1.807, 2.05) is 0 Å². The first kappa shape index (κ1) is 57.3. The highest BCUT2D eigenvalue weighted by Crippen LogP contribution is 2.16. The summed E-state index contributed by atoms with van der Waals surface area (Å²) < 4.78 is 5.45. The summed E-state index contributed by atoms with van der Waals surface area (Å²) >= 11 is 0. The predicted octanol–water partition coefficient (Wildman–Crippen LogP) is 15.5. The van der Waals surface area contributed by atoms with Crippen molar-refractivity contribution >= 4 is 11.9 Å². The number of nitrogens with one attached hydrogen (secondary N) is 1. The van der Waals surface area contributed by atoms with Gasteiger partial charge in [-0.2, -0.15) is 0 Å².